The number of nitrogens with zero attached hydrogens (tertiary/aromatic N) is 1. The van der Waals surface area contributed by atoms with E-state index in [-0.39, 0.29) is 11.4 Å². The topological polar surface area (TPSA) is 54.9 Å². The van der Waals surface area contributed by atoms with Gasteiger partial charge in [0.1, 0.15) is 5.82 Å². The molecule has 0 radical (unpaired) electrons. The average molecular weight is 262 g/mol. The Morgan fingerprint density at radius 2 is 2.00 bits per heavy atom. The maximum Gasteiger partial charge on any atom is 0.328 e. The van der Waals surface area contributed by atoms with Gasteiger partial charge in [0.25, 0.3) is 5.56 Å². The van der Waals surface area contributed by atoms with E-state index in [4.69, 9.17) is 0 Å². The minimum absolute atomic E-state index is 0.302. The molecule has 0 saturated heterocycles. The van der Waals surface area contributed by atoms with Crippen molar-refractivity contribution in [1.82, 2.24) is 9.55 Å². The summed E-state index contributed by atoms with van der Waals surface area (Å²) in [6.45, 7) is 3.95. The molecule has 0 fully saturated rings. The fraction of sp³-hybridized carbons (Fsp3) is 0.286. The Labute approximate surface area is 109 Å². The van der Waals surface area contributed by atoms with Crippen LogP contribution < -0.4 is 11.2 Å². The number of halogens is 1. The quantitative estimate of drug-likeness (QED) is 0.913. The maximum atomic E-state index is 13.0. The molecule has 1 aromatic heterocycles. The number of aromatic nitrogens is 2. The van der Waals surface area contributed by atoms with Gasteiger partial charge in [-0.25, -0.2) is 9.18 Å². The van der Waals surface area contributed by atoms with Crippen LogP contribution in [0.15, 0.2) is 34.0 Å². The molecule has 2 rings (SSSR count). The number of nitrogens with one attached hydrogen (secondary N) is 1. The monoisotopic (exact) mass is 262 g/mol. The van der Waals surface area contributed by atoms with E-state index in [1.165, 1.54) is 16.7 Å². The van der Waals surface area contributed by atoms with E-state index in [2.05, 4.69) is 4.98 Å². The van der Waals surface area contributed by atoms with Crippen LogP contribution in [0.25, 0.3) is 0 Å². The fourth-order valence-electron chi connectivity index (χ4n) is 1.94. The third-order valence-electron chi connectivity index (χ3n) is 3.11. The van der Waals surface area contributed by atoms with Crippen molar-refractivity contribution in [3.63, 3.8) is 0 Å². The van der Waals surface area contributed by atoms with Gasteiger partial charge in [-0.15, -0.1) is 0 Å². The number of benzene rings is 1. The maximum absolute atomic E-state index is 13.0. The predicted molar refractivity (Wildman–Crippen MR) is 70.9 cm³/mol. The zero-order valence-electron chi connectivity index (χ0n) is 10.9. The highest BCUT2D eigenvalue weighted by Gasteiger charge is 2.06. The van der Waals surface area contributed by atoms with Crippen molar-refractivity contribution in [1.29, 1.82) is 0 Å². The lowest BCUT2D eigenvalue weighted by molar-refractivity contribution is 0.623. The lowest BCUT2D eigenvalue weighted by Crippen LogP contribution is -2.32. The smallest absolute Gasteiger partial charge is 0.296 e. The van der Waals surface area contributed by atoms with Gasteiger partial charge in [-0.3, -0.25) is 14.3 Å². The predicted octanol–water partition coefficient (Wildman–Crippen LogP) is 1.59. The first-order valence-electron chi connectivity index (χ1n) is 6.09. The summed E-state index contributed by atoms with van der Waals surface area (Å²) < 4.78 is 14.5. The lowest BCUT2D eigenvalue weighted by atomic mass is 10.1. The van der Waals surface area contributed by atoms with Crippen molar-refractivity contribution in [3.8, 4) is 0 Å². The Morgan fingerprint density at radius 1 is 1.26 bits per heavy atom. The van der Waals surface area contributed by atoms with Crippen molar-refractivity contribution in [2.24, 2.45) is 0 Å². The summed E-state index contributed by atoms with van der Waals surface area (Å²) in [6.07, 6.45) is 2.11. The average Bonchev–Trinajstić information content (AvgIpc) is 2.35. The summed E-state index contributed by atoms with van der Waals surface area (Å²) in [5.74, 6) is -0.302. The number of rotatable bonds is 3. The van der Waals surface area contributed by atoms with Crippen molar-refractivity contribution in [2.75, 3.05) is 0 Å². The van der Waals surface area contributed by atoms with Gasteiger partial charge < -0.3 is 0 Å². The Bertz CT molecular complexity index is 716. The number of aromatic amines is 1. The Kier molecular flexibility index (Phi) is 3.64. The van der Waals surface area contributed by atoms with E-state index < -0.39 is 5.69 Å². The molecule has 0 unspecified atom stereocenters. The molecule has 0 bridgehead atoms. The summed E-state index contributed by atoms with van der Waals surface area (Å²) in [5, 5.41) is 0. The molecule has 1 aromatic carbocycles. The normalized spacial score (nSPS) is 10.7. The van der Waals surface area contributed by atoms with Crippen LogP contribution in [0, 0.1) is 12.7 Å². The van der Waals surface area contributed by atoms with Crippen LogP contribution in [0.3, 0.4) is 0 Å². The Morgan fingerprint density at radius 3 is 2.63 bits per heavy atom. The van der Waals surface area contributed by atoms with Crippen LogP contribution in [0.4, 0.5) is 4.39 Å². The molecule has 0 aliphatic carbocycles. The van der Waals surface area contributed by atoms with Gasteiger partial charge in [0, 0.05) is 11.8 Å². The second kappa shape index (κ2) is 5.22. The highest BCUT2D eigenvalue weighted by atomic mass is 19.1. The summed E-state index contributed by atoms with van der Waals surface area (Å²) in [6, 6.07) is 4.43. The number of aryl methyl sites for hydroxylation is 2. The molecule has 1 heterocycles. The highest BCUT2D eigenvalue weighted by Crippen LogP contribution is 2.11. The minimum atomic E-state index is -0.453. The fourth-order valence-corrected chi connectivity index (χ4v) is 1.94. The van der Waals surface area contributed by atoms with E-state index >= 15 is 0 Å². The van der Waals surface area contributed by atoms with E-state index in [1.807, 2.05) is 6.92 Å². The first-order valence-corrected chi connectivity index (χ1v) is 6.09. The molecule has 0 amide bonds. The first-order chi connectivity index (χ1) is 9.01. The van der Waals surface area contributed by atoms with Crippen LogP contribution in [-0.4, -0.2) is 9.55 Å². The number of hydrogen-bond acceptors (Lipinski definition) is 2. The SMILES string of the molecule is CCc1cn(Cc2ccc(F)cc2C)c(=O)[nH]c1=O. The van der Waals surface area contributed by atoms with E-state index in [9.17, 15) is 14.0 Å². The Balaban J connectivity index is 2.43. The van der Waals surface area contributed by atoms with Crippen LogP contribution in [0.5, 0.6) is 0 Å². The zero-order chi connectivity index (χ0) is 14.0. The van der Waals surface area contributed by atoms with Gasteiger partial charge in [-0.05, 0) is 36.6 Å². The second-order valence-corrected chi connectivity index (χ2v) is 4.47. The van der Waals surface area contributed by atoms with E-state index in [1.54, 1.807) is 19.2 Å². The van der Waals surface area contributed by atoms with Crippen LogP contribution in [-0.2, 0) is 13.0 Å². The second-order valence-electron chi connectivity index (χ2n) is 4.47. The first kappa shape index (κ1) is 13.3. The molecule has 1 N–H and O–H groups in total. The molecule has 19 heavy (non-hydrogen) atoms. The number of hydrogen-bond donors (Lipinski definition) is 1. The van der Waals surface area contributed by atoms with E-state index in [0.29, 0.717) is 18.5 Å². The van der Waals surface area contributed by atoms with Gasteiger partial charge in [-0.2, -0.15) is 0 Å². The van der Waals surface area contributed by atoms with Gasteiger partial charge in [0.05, 0.1) is 6.54 Å². The van der Waals surface area contributed by atoms with Gasteiger partial charge in [0.15, 0.2) is 0 Å². The molecule has 100 valence electrons. The summed E-state index contributed by atoms with van der Waals surface area (Å²) in [4.78, 5) is 25.5. The summed E-state index contributed by atoms with van der Waals surface area (Å²) in [5.41, 5.74) is 1.37. The molecule has 0 aliphatic rings. The largest absolute Gasteiger partial charge is 0.328 e. The minimum Gasteiger partial charge on any atom is -0.296 e. The lowest BCUT2D eigenvalue weighted by Gasteiger charge is -2.09. The van der Waals surface area contributed by atoms with Crippen molar-refractivity contribution < 1.29 is 4.39 Å². The summed E-state index contributed by atoms with van der Waals surface area (Å²) >= 11 is 0. The third kappa shape index (κ3) is 2.81. The third-order valence-corrected chi connectivity index (χ3v) is 3.11. The van der Waals surface area contributed by atoms with Crippen LogP contribution in [0.1, 0.15) is 23.6 Å². The number of H-pyrrole nitrogens is 1. The van der Waals surface area contributed by atoms with Gasteiger partial charge >= 0.3 is 5.69 Å². The highest BCUT2D eigenvalue weighted by molar-refractivity contribution is 5.26. The van der Waals surface area contributed by atoms with E-state index in [0.717, 1.165) is 11.1 Å². The molecule has 0 aliphatic heterocycles. The summed E-state index contributed by atoms with van der Waals surface area (Å²) in [7, 11) is 0. The molecule has 4 nitrogen and oxygen atoms in total. The standard InChI is InChI=1S/C14H15FN2O2/c1-3-10-7-17(14(19)16-13(10)18)8-11-4-5-12(15)6-9(11)2/h4-7H,3,8H2,1-2H3,(H,16,18,19). The zero-order valence-corrected chi connectivity index (χ0v) is 10.9. The molecule has 2 aromatic rings. The van der Waals surface area contributed by atoms with Crippen molar-refractivity contribution >= 4 is 0 Å². The molecule has 5 heteroatoms. The molecule has 0 saturated carbocycles. The molecular weight excluding hydrogens is 247 g/mol. The molecule has 0 spiro atoms. The molecular formula is C14H15FN2O2. The van der Waals surface area contributed by atoms with Crippen LogP contribution in [0.2, 0.25) is 0 Å². The van der Waals surface area contributed by atoms with Crippen LogP contribution >= 0.6 is 0 Å². The molecule has 0 atom stereocenters. The Hall–Kier alpha value is -2.17. The van der Waals surface area contributed by atoms with Gasteiger partial charge in [-0.1, -0.05) is 13.0 Å². The van der Waals surface area contributed by atoms with Gasteiger partial charge in [0.2, 0.25) is 0 Å². The van der Waals surface area contributed by atoms with Crippen molar-refractivity contribution in [2.45, 2.75) is 26.8 Å². The van der Waals surface area contributed by atoms with Crippen molar-refractivity contribution in [3.05, 3.63) is 67.7 Å².